The van der Waals surface area contributed by atoms with E-state index in [1.807, 2.05) is 6.92 Å². The highest BCUT2D eigenvalue weighted by Crippen LogP contribution is 2.25. The van der Waals surface area contributed by atoms with Gasteiger partial charge in [-0.15, -0.1) is 0 Å². The van der Waals surface area contributed by atoms with E-state index in [4.69, 9.17) is 4.74 Å². The Labute approximate surface area is 151 Å². The fourth-order valence-electron chi connectivity index (χ4n) is 2.12. The van der Waals surface area contributed by atoms with Crippen LogP contribution in [0.15, 0.2) is 24.4 Å². The monoisotopic (exact) mass is 365 g/mol. The molecule has 1 aromatic heterocycles. The summed E-state index contributed by atoms with van der Waals surface area (Å²) in [5.41, 5.74) is 1.45. The van der Waals surface area contributed by atoms with Gasteiger partial charge in [0.05, 0.1) is 18.7 Å². The molecule has 1 atom stereocenters. The normalized spacial score (nSPS) is 11.3. The maximum absolute atomic E-state index is 11.2. The Balaban J connectivity index is 0.00000105. The number of aldehydes is 1. The minimum Gasteiger partial charge on any atom is -0.485 e. The number of carbonyl (C=O) groups is 1. The van der Waals surface area contributed by atoms with Gasteiger partial charge in [0.2, 0.25) is 0 Å². The van der Waals surface area contributed by atoms with Gasteiger partial charge in [0, 0.05) is 14.2 Å². The number of imidazole rings is 1. The van der Waals surface area contributed by atoms with Crippen LogP contribution < -0.4 is 4.74 Å². The van der Waals surface area contributed by atoms with Gasteiger partial charge in [0.25, 0.3) is 0 Å². The van der Waals surface area contributed by atoms with Gasteiger partial charge in [-0.1, -0.05) is 18.0 Å². The standard InChI is InChI=1S/C15H17N3O5.C2H6O/c1-3-13(20)10-4-5-14(11(6-10)8-19)23-9-12-7-16-15(17(12)2)18(21)22;1-3-2/h4-8,13,20H,3,9H2,1-2H3;1-2H3. The molecule has 0 bridgehead atoms. The molecule has 2 aromatic rings. The van der Waals surface area contributed by atoms with Crippen molar-refractivity contribution >= 4 is 12.2 Å². The quantitative estimate of drug-likeness (QED) is 0.455. The number of nitro groups is 1. The van der Waals surface area contributed by atoms with Gasteiger partial charge in [-0.2, -0.15) is 0 Å². The van der Waals surface area contributed by atoms with Crippen molar-refractivity contribution < 1.29 is 24.3 Å². The zero-order chi connectivity index (χ0) is 19.7. The molecule has 1 aromatic carbocycles. The summed E-state index contributed by atoms with van der Waals surface area (Å²) in [7, 11) is 4.77. The van der Waals surface area contributed by atoms with Crippen LogP contribution in [-0.2, 0) is 18.4 Å². The molecule has 0 amide bonds. The van der Waals surface area contributed by atoms with Crippen LogP contribution >= 0.6 is 0 Å². The Morgan fingerprint density at radius 2 is 2.08 bits per heavy atom. The third-order valence-electron chi connectivity index (χ3n) is 3.53. The van der Waals surface area contributed by atoms with Gasteiger partial charge < -0.3 is 24.7 Å². The third kappa shape index (κ3) is 5.36. The van der Waals surface area contributed by atoms with E-state index in [0.717, 1.165) is 0 Å². The average molecular weight is 365 g/mol. The van der Waals surface area contributed by atoms with Crippen molar-refractivity contribution in [1.82, 2.24) is 9.55 Å². The molecule has 0 aliphatic heterocycles. The highest BCUT2D eigenvalue weighted by atomic mass is 16.6. The van der Waals surface area contributed by atoms with E-state index in [2.05, 4.69) is 9.72 Å². The number of benzene rings is 1. The topological polar surface area (TPSA) is 117 Å². The van der Waals surface area contributed by atoms with Crippen molar-refractivity contribution in [1.29, 1.82) is 0 Å². The molecule has 0 fully saturated rings. The Morgan fingerprint density at radius 3 is 2.58 bits per heavy atom. The number of ether oxygens (including phenoxy) is 2. The number of methoxy groups -OCH3 is 1. The number of aromatic nitrogens is 2. The maximum Gasteiger partial charge on any atom is 0.434 e. The minimum absolute atomic E-state index is 0.0356. The number of rotatable bonds is 7. The summed E-state index contributed by atoms with van der Waals surface area (Å²) in [6.45, 7) is 1.87. The van der Waals surface area contributed by atoms with Gasteiger partial charge in [0.1, 0.15) is 18.6 Å². The van der Waals surface area contributed by atoms with Crippen molar-refractivity contribution in [3.8, 4) is 5.75 Å². The van der Waals surface area contributed by atoms with E-state index >= 15 is 0 Å². The SMILES string of the molecule is CCC(O)c1ccc(OCc2cnc([N+](=O)[O-])n2C)c(C=O)c1.COC. The molecule has 0 spiro atoms. The van der Waals surface area contributed by atoms with E-state index in [0.29, 0.717) is 35.3 Å². The lowest BCUT2D eigenvalue weighted by atomic mass is 10.0. The largest absolute Gasteiger partial charge is 0.485 e. The van der Waals surface area contributed by atoms with Crippen LogP contribution in [0.2, 0.25) is 0 Å². The third-order valence-corrected chi connectivity index (χ3v) is 3.53. The molecule has 9 heteroatoms. The molecule has 1 N–H and O–H groups in total. The molecule has 1 heterocycles. The molecule has 26 heavy (non-hydrogen) atoms. The van der Waals surface area contributed by atoms with Crippen molar-refractivity contribution in [2.75, 3.05) is 14.2 Å². The molecule has 9 nitrogen and oxygen atoms in total. The lowest BCUT2D eigenvalue weighted by Crippen LogP contribution is -2.06. The summed E-state index contributed by atoms with van der Waals surface area (Å²) >= 11 is 0. The van der Waals surface area contributed by atoms with Gasteiger partial charge >= 0.3 is 5.95 Å². The predicted octanol–water partition coefficient (Wildman–Crippen LogP) is 2.43. The molecule has 0 saturated heterocycles. The Hall–Kier alpha value is -2.78. The highest BCUT2D eigenvalue weighted by molar-refractivity contribution is 5.79. The van der Waals surface area contributed by atoms with Crippen LogP contribution in [0.4, 0.5) is 5.95 Å². The van der Waals surface area contributed by atoms with Crippen LogP contribution in [0.25, 0.3) is 0 Å². The summed E-state index contributed by atoms with van der Waals surface area (Å²) in [5.74, 6) is 0.0662. The van der Waals surface area contributed by atoms with Crippen LogP contribution in [-0.4, -0.2) is 40.1 Å². The van der Waals surface area contributed by atoms with Crippen molar-refractivity contribution in [3.63, 3.8) is 0 Å². The number of aliphatic hydroxyl groups excluding tert-OH is 1. The van der Waals surface area contributed by atoms with Crippen molar-refractivity contribution in [2.45, 2.75) is 26.1 Å². The average Bonchev–Trinajstić information content (AvgIpc) is 3.00. The van der Waals surface area contributed by atoms with E-state index in [1.54, 1.807) is 32.4 Å². The van der Waals surface area contributed by atoms with Crippen LogP contribution in [0, 0.1) is 10.1 Å². The number of hydrogen-bond donors (Lipinski definition) is 1. The fraction of sp³-hybridized carbons (Fsp3) is 0.412. The first-order chi connectivity index (χ1) is 12.4. The maximum atomic E-state index is 11.2. The summed E-state index contributed by atoms with van der Waals surface area (Å²) < 4.78 is 11.1. The molecular weight excluding hydrogens is 342 g/mol. The van der Waals surface area contributed by atoms with Crippen LogP contribution in [0.3, 0.4) is 0 Å². The molecule has 0 saturated carbocycles. The molecular formula is C17H23N3O6. The predicted molar refractivity (Wildman–Crippen MR) is 94.2 cm³/mol. The van der Waals surface area contributed by atoms with Crippen LogP contribution in [0.5, 0.6) is 5.75 Å². The summed E-state index contributed by atoms with van der Waals surface area (Å²) in [4.78, 5) is 25.1. The number of aliphatic hydroxyl groups is 1. The van der Waals surface area contributed by atoms with E-state index in [9.17, 15) is 20.0 Å². The summed E-state index contributed by atoms with van der Waals surface area (Å²) in [6.07, 6.45) is 1.90. The summed E-state index contributed by atoms with van der Waals surface area (Å²) in [5, 5.41) is 20.6. The van der Waals surface area contributed by atoms with E-state index in [1.165, 1.54) is 17.8 Å². The molecule has 0 radical (unpaired) electrons. The van der Waals surface area contributed by atoms with Gasteiger partial charge in [0.15, 0.2) is 12.0 Å². The first-order valence-corrected chi connectivity index (χ1v) is 7.84. The van der Waals surface area contributed by atoms with Gasteiger partial charge in [-0.05, 0) is 29.0 Å². The second-order valence-electron chi connectivity index (χ2n) is 5.40. The van der Waals surface area contributed by atoms with E-state index < -0.39 is 11.0 Å². The van der Waals surface area contributed by atoms with Crippen molar-refractivity contribution in [2.24, 2.45) is 7.05 Å². The Bertz CT molecular complexity index is 744. The lowest BCUT2D eigenvalue weighted by molar-refractivity contribution is -0.396. The first-order valence-electron chi connectivity index (χ1n) is 7.84. The second kappa shape index (κ2) is 10.3. The number of hydrogen-bond acceptors (Lipinski definition) is 7. The number of nitrogens with zero attached hydrogens (tertiary/aromatic N) is 3. The molecule has 142 valence electrons. The molecule has 1 unspecified atom stereocenters. The highest BCUT2D eigenvalue weighted by Gasteiger charge is 2.18. The minimum atomic E-state index is -0.637. The Morgan fingerprint density at radius 1 is 1.42 bits per heavy atom. The molecule has 2 rings (SSSR count). The smallest absolute Gasteiger partial charge is 0.434 e. The lowest BCUT2D eigenvalue weighted by Gasteiger charge is -2.12. The van der Waals surface area contributed by atoms with E-state index in [-0.39, 0.29) is 12.6 Å². The molecule has 0 aliphatic rings. The first kappa shape index (κ1) is 21.3. The fourth-order valence-corrected chi connectivity index (χ4v) is 2.12. The molecule has 0 aliphatic carbocycles. The zero-order valence-corrected chi connectivity index (χ0v) is 15.2. The Kier molecular flexibility index (Phi) is 8.40. The zero-order valence-electron chi connectivity index (χ0n) is 15.2. The number of carbonyl (C=O) groups excluding carboxylic acids is 1. The second-order valence-corrected chi connectivity index (χ2v) is 5.40. The van der Waals surface area contributed by atoms with Crippen LogP contribution in [0.1, 0.15) is 41.1 Å². The van der Waals surface area contributed by atoms with Gasteiger partial charge in [-0.25, -0.2) is 4.57 Å². The van der Waals surface area contributed by atoms with Gasteiger partial charge in [-0.3, -0.25) is 4.79 Å². The van der Waals surface area contributed by atoms with Crippen molar-refractivity contribution in [3.05, 3.63) is 51.3 Å². The summed E-state index contributed by atoms with van der Waals surface area (Å²) in [6, 6.07) is 4.85.